The van der Waals surface area contributed by atoms with Gasteiger partial charge in [-0.25, -0.2) is 4.79 Å². The number of aliphatic hydroxyl groups is 1. The molecule has 0 unspecified atom stereocenters. The fourth-order valence-electron chi connectivity index (χ4n) is 1.46. The molecule has 0 fully saturated rings. The number of benzene rings is 1. The Kier molecular flexibility index (Phi) is 5.91. The summed E-state index contributed by atoms with van der Waals surface area (Å²) in [4.78, 5) is 11.7. The molecule has 1 rings (SSSR count). The Balaban J connectivity index is 2.49. The van der Waals surface area contributed by atoms with Crippen LogP contribution in [0.1, 0.15) is 20.3 Å². The summed E-state index contributed by atoms with van der Waals surface area (Å²) >= 11 is 11.6. The van der Waals surface area contributed by atoms with Gasteiger partial charge in [0.2, 0.25) is 0 Å². The van der Waals surface area contributed by atoms with Crippen LogP contribution in [0.25, 0.3) is 0 Å². The van der Waals surface area contributed by atoms with Gasteiger partial charge < -0.3 is 15.7 Å². The zero-order chi connectivity index (χ0) is 14.5. The highest BCUT2D eigenvalue weighted by atomic mass is 35.5. The number of halogens is 2. The standard InChI is InChI=1S/C13H18Cl2N2O2/c1-13(2,5-6-18)8-16-12(19)17-9-3-4-10(14)11(15)7-9/h3-4,7,18H,5-6,8H2,1-2H3,(H2,16,17,19). The summed E-state index contributed by atoms with van der Waals surface area (Å²) in [6.07, 6.45) is 0.625. The van der Waals surface area contributed by atoms with E-state index in [1.165, 1.54) is 0 Å². The highest BCUT2D eigenvalue weighted by Crippen LogP contribution is 2.25. The van der Waals surface area contributed by atoms with Crippen molar-refractivity contribution in [3.8, 4) is 0 Å². The normalized spacial score (nSPS) is 11.2. The maximum atomic E-state index is 11.7. The van der Waals surface area contributed by atoms with Crippen LogP contribution in [-0.4, -0.2) is 24.3 Å². The van der Waals surface area contributed by atoms with E-state index in [0.717, 1.165) is 0 Å². The van der Waals surface area contributed by atoms with Crippen LogP contribution < -0.4 is 10.6 Å². The van der Waals surface area contributed by atoms with Gasteiger partial charge in [-0.2, -0.15) is 0 Å². The molecule has 0 atom stereocenters. The minimum atomic E-state index is -0.315. The molecule has 1 aromatic rings. The third kappa shape index (κ3) is 5.68. The molecule has 0 saturated carbocycles. The molecule has 1 aromatic carbocycles. The fourth-order valence-corrected chi connectivity index (χ4v) is 1.76. The van der Waals surface area contributed by atoms with Gasteiger partial charge in [0.25, 0.3) is 0 Å². The Morgan fingerprint density at radius 1 is 1.32 bits per heavy atom. The summed E-state index contributed by atoms with van der Waals surface area (Å²) in [6.45, 7) is 4.52. The summed E-state index contributed by atoms with van der Waals surface area (Å²) in [5.74, 6) is 0. The maximum absolute atomic E-state index is 11.7. The van der Waals surface area contributed by atoms with Crippen LogP contribution in [0.5, 0.6) is 0 Å². The lowest BCUT2D eigenvalue weighted by atomic mass is 9.90. The molecule has 6 heteroatoms. The number of rotatable bonds is 5. The molecule has 0 spiro atoms. The van der Waals surface area contributed by atoms with E-state index >= 15 is 0 Å². The molecular formula is C13H18Cl2N2O2. The first-order valence-corrected chi connectivity index (χ1v) is 6.70. The predicted molar refractivity (Wildman–Crippen MR) is 79.0 cm³/mol. The number of aliphatic hydroxyl groups excluding tert-OH is 1. The van der Waals surface area contributed by atoms with Crippen molar-refractivity contribution in [2.24, 2.45) is 5.41 Å². The molecule has 0 heterocycles. The lowest BCUT2D eigenvalue weighted by Crippen LogP contribution is -2.37. The summed E-state index contributed by atoms with van der Waals surface area (Å²) in [7, 11) is 0. The minimum absolute atomic E-state index is 0.100. The second kappa shape index (κ2) is 6.98. The Bertz CT molecular complexity index is 450. The molecule has 4 nitrogen and oxygen atoms in total. The summed E-state index contributed by atoms with van der Waals surface area (Å²) in [5, 5.41) is 15.2. The lowest BCUT2D eigenvalue weighted by Gasteiger charge is -2.23. The number of carbonyl (C=O) groups is 1. The van der Waals surface area contributed by atoms with E-state index in [-0.39, 0.29) is 18.1 Å². The van der Waals surface area contributed by atoms with Gasteiger partial charge in [-0.1, -0.05) is 37.0 Å². The number of amides is 2. The van der Waals surface area contributed by atoms with Crippen molar-refractivity contribution in [3.05, 3.63) is 28.2 Å². The first-order chi connectivity index (χ1) is 8.84. The van der Waals surface area contributed by atoms with E-state index < -0.39 is 0 Å². The van der Waals surface area contributed by atoms with E-state index in [9.17, 15) is 4.79 Å². The van der Waals surface area contributed by atoms with E-state index in [4.69, 9.17) is 28.3 Å². The second-order valence-corrected chi connectivity index (χ2v) is 5.89. The van der Waals surface area contributed by atoms with Crippen molar-refractivity contribution >= 4 is 34.9 Å². The number of anilines is 1. The van der Waals surface area contributed by atoms with Crippen LogP contribution in [0, 0.1) is 5.41 Å². The predicted octanol–water partition coefficient (Wildman–Crippen LogP) is 3.52. The molecule has 3 N–H and O–H groups in total. The molecule has 0 aliphatic rings. The molecule has 0 aliphatic heterocycles. The summed E-state index contributed by atoms with van der Waals surface area (Å²) in [6, 6.07) is 4.56. The van der Waals surface area contributed by atoms with E-state index in [2.05, 4.69) is 10.6 Å². The number of carbonyl (C=O) groups excluding carboxylic acids is 1. The molecule has 19 heavy (non-hydrogen) atoms. The van der Waals surface area contributed by atoms with Gasteiger partial charge in [0.1, 0.15) is 0 Å². The zero-order valence-electron chi connectivity index (χ0n) is 11.0. The van der Waals surface area contributed by atoms with Gasteiger partial charge in [-0.05, 0) is 30.0 Å². The first-order valence-electron chi connectivity index (χ1n) is 5.95. The zero-order valence-corrected chi connectivity index (χ0v) is 12.5. The quantitative estimate of drug-likeness (QED) is 0.779. The number of urea groups is 1. The van der Waals surface area contributed by atoms with Gasteiger partial charge in [0, 0.05) is 18.8 Å². The monoisotopic (exact) mass is 304 g/mol. The van der Waals surface area contributed by atoms with Crippen LogP contribution in [-0.2, 0) is 0 Å². The van der Waals surface area contributed by atoms with Gasteiger partial charge >= 0.3 is 6.03 Å². The Labute approximate surface area is 123 Å². The molecule has 0 saturated heterocycles. The van der Waals surface area contributed by atoms with Gasteiger partial charge in [0.15, 0.2) is 0 Å². The van der Waals surface area contributed by atoms with Crippen LogP contribution >= 0.6 is 23.2 Å². The fraction of sp³-hybridized carbons (Fsp3) is 0.462. The van der Waals surface area contributed by atoms with Crippen molar-refractivity contribution < 1.29 is 9.90 Å². The lowest BCUT2D eigenvalue weighted by molar-refractivity contribution is 0.204. The smallest absolute Gasteiger partial charge is 0.319 e. The molecule has 0 aromatic heterocycles. The number of hydrogen-bond acceptors (Lipinski definition) is 2. The number of hydrogen-bond donors (Lipinski definition) is 3. The van der Waals surface area contributed by atoms with Crippen LogP contribution in [0.15, 0.2) is 18.2 Å². The van der Waals surface area contributed by atoms with Crippen LogP contribution in [0.4, 0.5) is 10.5 Å². The van der Waals surface area contributed by atoms with Crippen LogP contribution in [0.2, 0.25) is 10.0 Å². The van der Waals surface area contributed by atoms with E-state index in [1.54, 1.807) is 18.2 Å². The van der Waals surface area contributed by atoms with Crippen molar-refractivity contribution in [2.75, 3.05) is 18.5 Å². The van der Waals surface area contributed by atoms with Gasteiger partial charge in [-0.15, -0.1) is 0 Å². The Morgan fingerprint density at radius 2 is 2.00 bits per heavy atom. The summed E-state index contributed by atoms with van der Waals surface area (Å²) in [5.41, 5.74) is 0.427. The Morgan fingerprint density at radius 3 is 2.58 bits per heavy atom. The SMILES string of the molecule is CC(C)(CCO)CNC(=O)Nc1ccc(Cl)c(Cl)c1. The third-order valence-electron chi connectivity index (χ3n) is 2.69. The molecule has 2 amide bonds. The van der Waals surface area contributed by atoms with Crippen LogP contribution in [0.3, 0.4) is 0 Å². The molecular weight excluding hydrogens is 287 g/mol. The minimum Gasteiger partial charge on any atom is -0.396 e. The summed E-state index contributed by atoms with van der Waals surface area (Å²) < 4.78 is 0. The second-order valence-electron chi connectivity index (χ2n) is 5.07. The highest BCUT2D eigenvalue weighted by Gasteiger charge is 2.18. The first kappa shape index (κ1) is 16.1. The molecule has 0 aliphatic carbocycles. The molecule has 106 valence electrons. The largest absolute Gasteiger partial charge is 0.396 e. The Hall–Kier alpha value is -0.970. The highest BCUT2D eigenvalue weighted by molar-refractivity contribution is 6.42. The van der Waals surface area contributed by atoms with Gasteiger partial charge in [-0.3, -0.25) is 0 Å². The maximum Gasteiger partial charge on any atom is 0.319 e. The average molecular weight is 305 g/mol. The van der Waals surface area contributed by atoms with Crippen molar-refractivity contribution in [2.45, 2.75) is 20.3 Å². The average Bonchev–Trinajstić information content (AvgIpc) is 2.32. The third-order valence-corrected chi connectivity index (χ3v) is 3.43. The van der Waals surface area contributed by atoms with Crippen molar-refractivity contribution in [1.82, 2.24) is 5.32 Å². The van der Waals surface area contributed by atoms with Crippen molar-refractivity contribution in [1.29, 1.82) is 0 Å². The topological polar surface area (TPSA) is 61.4 Å². The molecule has 0 bridgehead atoms. The number of nitrogens with one attached hydrogen (secondary N) is 2. The van der Waals surface area contributed by atoms with E-state index in [1.807, 2.05) is 13.8 Å². The van der Waals surface area contributed by atoms with Gasteiger partial charge in [0.05, 0.1) is 10.0 Å². The van der Waals surface area contributed by atoms with Crippen molar-refractivity contribution in [3.63, 3.8) is 0 Å². The van der Waals surface area contributed by atoms with E-state index in [0.29, 0.717) is 28.7 Å². The molecule has 0 radical (unpaired) electrons.